The van der Waals surface area contributed by atoms with E-state index in [1.807, 2.05) is 6.92 Å². The Balaban J connectivity index is 2.50. The molecule has 6 heteroatoms. The Kier molecular flexibility index (Phi) is 5.47. The number of para-hydroxylation sites is 1. The number of hydrogen-bond acceptors (Lipinski definition) is 4. The highest BCUT2D eigenvalue weighted by Crippen LogP contribution is 2.45. The zero-order valence-corrected chi connectivity index (χ0v) is 13.7. The fourth-order valence-corrected chi connectivity index (χ4v) is 3.13. The van der Waals surface area contributed by atoms with Crippen LogP contribution in [0.15, 0.2) is 18.2 Å². The Labute approximate surface area is 136 Å². The van der Waals surface area contributed by atoms with Gasteiger partial charge in [0.15, 0.2) is 11.5 Å². The number of benzene rings is 1. The fraction of sp³-hybridized carbons (Fsp3) is 0.529. The van der Waals surface area contributed by atoms with Crippen LogP contribution >= 0.6 is 0 Å². The summed E-state index contributed by atoms with van der Waals surface area (Å²) in [7, 11) is 3.05. The van der Waals surface area contributed by atoms with Gasteiger partial charge in [-0.05, 0) is 12.5 Å². The summed E-state index contributed by atoms with van der Waals surface area (Å²) in [4.78, 5) is 25.6. The van der Waals surface area contributed by atoms with E-state index in [0.717, 1.165) is 12.8 Å². The molecule has 6 nitrogen and oxygen atoms in total. The molecule has 1 aliphatic heterocycles. The van der Waals surface area contributed by atoms with E-state index in [-0.39, 0.29) is 12.3 Å². The molecule has 1 N–H and O–H groups in total. The number of hydrogen-bond donors (Lipinski definition) is 1. The first kappa shape index (κ1) is 17.1. The molecule has 0 spiro atoms. The molecule has 2 rings (SSSR count). The number of likely N-dealkylation sites (tertiary alicyclic amines) is 1. The lowest BCUT2D eigenvalue weighted by molar-refractivity contribution is -0.142. The number of nitrogens with zero attached hydrogens (tertiary/aromatic N) is 1. The van der Waals surface area contributed by atoms with Gasteiger partial charge in [-0.3, -0.25) is 9.59 Å². The second kappa shape index (κ2) is 7.35. The van der Waals surface area contributed by atoms with Crippen molar-refractivity contribution in [3.63, 3.8) is 0 Å². The molecule has 1 amide bonds. The molecule has 23 heavy (non-hydrogen) atoms. The van der Waals surface area contributed by atoms with Crippen molar-refractivity contribution in [2.45, 2.75) is 32.2 Å². The fourth-order valence-electron chi connectivity index (χ4n) is 3.13. The number of rotatable bonds is 7. The topological polar surface area (TPSA) is 76.1 Å². The third-order valence-electron chi connectivity index (χ3n) is 4.25. The van der Waals surface area contributed by atoms with Crippen molar-refractivity contribution in [1.29, 1.82) is 0 Å². The zero-order chi connectivity index (χ0) is 17.0. The largest absolute Gasteiger partial charge is 0.493 e. The highest BCUT2D eigenvalue weighted by atomic mass is 16.5. The molecule has 1 saturated heterocycles. The van der Waals surface area contributed by atoms with Crippen molar-refractivity contribution in [3.8, 4) is 11.5 Å². The van der Waals surface area contributed by atoms with Gasteiger partial charge in [0.2, 0.25) is 5.91 Å². The van der Waals surface area contributed by atoms with Crippen LogP contribution in [-0.4, -0.2) is 42.6 Å². The van der Waals surface area contributed by atoms with Crippen LogP contribution in [0.2, 0.25) is 0 Å². The van der Waals surface area contributed by atoms with Crippen LogP contribution in [0.3, 0.4) is 0 Å². The maximum Gasteiger partial charge on any atom is 0.309 e. The van der Waals surface area contributed by atoms with E-state index in [1.165, 1.54) is 14.2 Å². The predicted molar refractivity (Wildman–Crippen MR) is 84.7 cm³/mol. The molecular formula is C17H23NO5. The Hall–Kier alpha value is -2.24. The van der Waals surface area contributed by atoms with Gasteiger partial charge in [-0.1, -0.05) is 25.5 Å². The molecule has 1 fully saturated rings. The van der Waals surface area contributed by atoms with E-state index >= 15 is 0 Å². The minimum Gasteiger partial charge on any atom is -0.493 e. The van der Waals surface area contributed by atoms with Gasteiger partial charge in [-0.15, -0.1) is 0 Å². The Morgan fingerprint density at radius 3 is 2.65 bits per heavy atom. The molecule has 0 bridgehead atoms. The minimum atomic E-state index is -0.966. The third-order valence-corrected chi connectivity index (χ3v) is 4.25. The normalized spacial score (nSPS) is 20.7. The van der Waals surface area contributed by atoms with Crippen LogP contribution in [0, 0.1) is 5.92 Å². The number of unbranched alkanes of at least 4 members (excludes halogenated alkanes) is 1. The lowest BCUT2D eigenvalue weighted by Crippen LogP contribution is -2.31. The number of amides is 1. The number of carbonyl (C=O) groups is 2. The molecule has 0 saturated carbocycles. The number of aliphatic carboxylic acids is 1. The first-order valence-electron chi connectivity index (χ1n) is 7.78. The van der Waals surface area contributed by atoms with Gasteiger partial charge in [0.05, 0.1) is 26.2 Å². The average Bonchev–Trinajstić information content (AvgIpc) is 2.88. The second-order valence-electron chi connectivity index (χ2n) is 5.62. The van der Waals surface area contributed by atoms with Crippen LogP contribution < -0.4 is 9.47 Å². The molecule has 0 aromatic heterocycles. The quantitative estimate of drug-likeness (QED) is 0.835. The smallest absolute Gasteiger partial charge is 0.309 e. The second-order valence-corrected chi connectivity index (χ2v) is 5.62. The summed E-state index contributed by atoms with van der Waals surface area (Å²) in [6, 6.07) is 4.82. The monoisotopic (exact) mass is 321 g/mol. The third kappa shape index (κ3) is 3.25. The van der Waals surface area contributed by atoms with Crippen molar-refractivity contribution in [2.75, 3.05) is 20.8 Å². The lowest BCUT2D eigenvalue weighted by atomic mass is 9.92. The maximum absolute atomic E-state index is 12.3. The van der Waals surface area contributed by atoms with Gasteiger partial charge in [0, 0.05) is 18.5 Å². The molecule has 1 aliphatic rings. The van der Waals surface area contributed by atoms with Crippen molar-refractivity contribution in [1.82, 2.24) is 4.90 Å². The predicted octanol–water partition coefficient (Wildman–Crippen LogP) is 2.48. The number of carboxylic acid groups (broad SMARTS) is 1. The van der Waals surface area contributed by atoms with Crippen molar-refractivity contribution < 1.29 is 24.2 Å². The average molecular weight is 321 g/mol. The number of ether oxygens (including phenoxy) is 2. The summed E-state index contributed by atoms with van der Waals surface area (Å²) >= 11 is 0. The molecule has 0 unspecified atom stereocenters. The number of carbonyl (C=O) groups excluding carboxylic acids is 1. The maximum atomic E-state index is 12.3. The van der Waals surface area contributed by atoms with Gasteiger partial charge in [0.1, 0.15) is 0 Å². The summed E-state index contributed by atoms with van der Waals surface area (Å²) in [6.07, 6.45) is 1.79. The molecule has 1 heterocycles. The van der Waals surface area contributed by atoms with Gasteiger partial charge in [0.25, 0.3) is 0 Å². The van der Waals surface area contributed by atoms with E-state index < -0.39 is 17.9 Å². The highest BCUT2D eigenvalue weighted by Gasteiger charge is 2.45. The van der Waals surface area contributed by atoms with Crippen LogP contribution in [0.25, 0.3) is 0 Å². The van der Waals surface area contributed by atoms with Crippen LogP contribution in [-0.2, 0) is 9.59 Å². The highest BCUT2D eigenvalue weighted by molar-refractivity contribution is 5.87. The zero-order valence-electron chi connectivity index (χ0n) is 13.7. The van der Waals surface area contributed by atoms with Crippen LogP contribution in [0.5, 0.6) is 11.5 Å². The van der Waals surface area contributed by atoms with Gasteiger partial charge in [-0.2, -0.15) is 0 Å². The molecule has 2 atom stereocenters. The number of carboxylic acids is 1. The summed E-state index contributed by atoms with van der Waals surface area (Å²) in [5.74, 6) is -0.848. The van der Waals surface area contributed by atoms with Crippen LogP contribution in [0.4, 0.5) is 0 Å². The van der Waals surface area contributed by atoms with Crippen molar-refractivity contribution in [3.05, 3.63) is 23.8 Å². The van der Waals surface area contributed by atoms with Crippen molar-refractivity contribution >= 4 is 11.9 Å². The van der Waals surface area contributed by atoms with E-state index in [1.54, 1.807) is 23.1 Å². The Morgan fingerprint density at radius 1 is 1.35 bits per heavy atom. The molecule has 1 aromatic carbocycles. The van der Waals surface area contributed by atoms with E-state index in [2.05, 4.69) is 0 Å². The first-order valence-corrected chi connectivity index (χ1v) is 7.78. The first-order chi connectivity index (χ1) is 11.0. The molecular weight excluding hydrogens is 298 g/mol. The molecule has 0 aliphatic carbocycles. The van der Waals surface area contributed by atoms with Crippen molar-refractivity contribution in [2.24, 2.45) is 5.92 Å². The standard InChI is InChI=1S/C17H23NO5/c1-4-5-9-18-14(19)10-12(17(20)21)15(18)11-7-6-8-13(22-2)16(11)23-3/h6-8,12,15H,4-5,9-10H2,1-3H3,(H,20,21)/t12-,15+/m1/s1. The lowest BCUT2D eigenvalue weighted by Gasteiger charge is -2.29. The Bertz CT molecular complexity index is 586. The Morgan fingerprint density at radius 2 is 2.09 bits per heavy atom. The minimum absolute atomic E-state index is 0.0179. The molecule has 1 aromatic rings. The van der Waals surface area contributed by atoms with E-state index in [0.29, 0.717) is 23.6 Å². The van der Waals surface area contributed by atoms with Gasteiger partial charge >= 0.3 is 5.97 Å². The number of methoxy groups -OCH3 is 2. The van der Waals surface area contributed by atoms with E-state index in [4.69, 9.17) is 9.47 Å². The summed E-state index contributed by atoms with van der Waals surface area (Å²) in [5, 5.41) is 9.55. The van der Waals surface area contributed by atoms with Crippen LogP contribution in [0.1, 0.15) is 37.8 Å². The molecule has 0 radical (unpaired) electrons. The van der Waals surface area contributed by atoms with Gasteiger partial charge < -0.3 is 19.5 Å². The summed E-state index contributed by atoms with van der Waals surface area (Å²) in [5.41, 5.74) is 0.682. The van der Waals surface area contributed by atoms with Gasteiger partial charge in [-0.25, -0.2) is 0 Å². The molecule has 126 valence electrons. The van der Waals surface area contributed by atoms with E-state index in [9.17, 15) is 14.7 Å². The summed E-state index contributed by atoms with van der Waals surface area (Å²) < 4.78 is 10.7. The SMILES string of the molecule is CCCCN1C(=O)C[C@@H](C(=O)O)[C@@H]1c1cccc(OC)c1OC. The summed E-state index contributed by atoms with van der Waals surface area (Å²) in [6.45, 7) is 2.58.